The molecule has 0 amide bonds. The fourth-order valence-electron chi connectivity index (χ4n) is 2.18. The van der Waals surface area contributed by atoms with Crippen LogP contribution in [0.25, 0.3) is 0 Å². The molecular formula is C15H18ClNS. The maximum atomic E-state index is 5.99. The zero-order valence-electron chi connectivity index (χ0n) is 11.0. The molecule has 0 saturated carbocycles. The Morgan fingerprint density at radius 1 is 1.22 bits per heavy atom. The highest BCUT2D eigenvalue weighted by molar-refractivity contribution is 7.16. The standard InChI is InChI=1S/C15H18ClNS/c1-10-5-4-6-13(11(10)2)14(17-3)9-12-7-8-15(16)18-12/h4-8,14,17H,9H2,1-3H3. The number of aryl methyl sites for hydroxylation is 1. The molecule has 2 aromatic rings. The predicted molar refractivity (Wildman–Crippen MR) is 80.7 cm³/mol. The fraction of sp³-hybridized carbons (Fsp3) is 0.333. The molecule has 1 aromatic heterocycles. The van der Waals surface area contributed by atoms with Gasteiger partial charge in [-0.05, 0) is 49.7 Å². The lowest BCUT2D eigenvalue weighted by Gasteiger charge is -2.19. The van der Waals surface area contributed by atoms with E-state index in [0.717, 1.165) is 10.8 Å². The zero-order valence-corrected chi connectivity index (χ0v) is 12.5. The van der Waals surface area contributed by atoms with Crippen LogP contribution in [0.3, 0.4) is 0 Å². The SMILES string of the molecule is CNC(Cc1ccc(Cl)s1)c1cccc(C)c1C. The molecule has 18 heavy (non-hydrogen) atoms. The molecule has 1 N–H and O–H groups in total. The summed E-state index contributed by atoms with van der Waals surface area (Å²) in [6.07, 6.45) is 0.984. The lowest BCUT2D eigenvalue weighted by molar-refractivity contribution is 0.593. The van der Waals surface area contributed by atoms with Gasteiger partial charge in [0, 0.05) is 17.3 Å². The van der Waals surface area contributed by atoms with Gasteiger partial charge in [0.15, 0.2) is 0 Å². The molecule has 0 bridgehead atoms. The Hall–Kier alpha value is -0.830. The number of hydrogen-bond acceptors (Lipinski definition) is 2. The molecule has 0 spiro atoms. The Labute approximate surface area is 118 Å². The highest BCUT2D eigenvalue weighted by Gasteiger charge is 2.14. The van der Waals surface area contributed by atoms with Crippen molar-refractivity contribution < 1.29 is 0 Å². The van der Waals surface area contributed by atoms with E-state index in [9.17, 15) is 0 Å². The molecule has 2 rings (SSSR count). The van der Waals surface area contributed by atoms with E-state index in [1.165, 1.54) is 21.6 Å². The molecular weight excluding hydrogens is 262 g/mol. The smallest absolute Gasteiger partial charge is 0.0931 e. The lowest BCUT2D eigenvalue weighted by atomic mass is 9.95. The van der Waals surface area contributed by atoms with Crippen LogP contribution in [0.15, 0.2) is 30.3 Å². The summed E-state index contributed by atoms with van der Waals surface area (Å²) in [5, 5.41) is 3.41. The average Bonchev–Trinajstić information content (AvgIpc) is 2.76. The van der Waals surface area contributed by atoms with Crippen LogP contribution in [0, 0.1) is 13.8 Å². The van der Waals surface area contributed by atoms with Gasteiger partial charge in [-0.15, -0.1) is 11.3 Å². The Kier molecular flexibility index (Phi) is 4.44. The summed E-state index contributed by atoms with van der Waals surface area (Å²) < 4.78 is 0.862. The number of hydrogen-bond donors (Lipinski definition) is 1. The van der Waals surface area contributed by atoms with Gasteiger partial charge in [-0.3, -0.25) is 0 Å². The minimum atomic E-state index is 0.347. The summed E-state index contributed by atoms with van der Waals surface area (Å²) in [4.78, 5) is 1.32. The van der Waals surface area contributed by atoms with Crippen molar-refractivity contribution in [3.05, 3.63) is 56.2 Å². The van der Waals surface area contributed by atoms with E-state index in [-0.39, 0.29) is 0 Å². The maximum Gasteiger partial charge on any atom is 0.0931 e. The summed E-state index contributed by atoms with van der Waals surface area (Å²) in [6.45, 7) is 4.35. The molecule has 1 nitrogen and oxygen atoms in total. The molecule has 1 heterocycles. The molecule has 96 valence electrons. The van der Waals surface area contributed by atoms with E-state index in [4.69, 9.17) is 11.6 Å². The van der Waals surface area contributed by atoms with Gasteiger partial charge in [0.25, 0.3) is 0 Å². The highest BCUT2D eigenvalue weighted by Crippen LogP contribution is 2.28. The topological polar surface area (TPSA) is 12.0 Å². The first-order valence-corrected chi connectivity index (χ1v) is 7.29. The number of likely N-dealkylation sites (N-methyl/N-ethyl adjacent to an activating group) is 1. The second-order valence-corrected chi connectivity index (χ2v) is 6.34. The Balaban J connectivity index is 2.25. The van der Waals surface area contributed by atoms with Crippen LogP contribution in [-0.4, -0.2) is 7.05 Å². The van der Waals surface area contributed by atoms with Crippen LogP contribution < -0.4 is 5.32 Å². The Bertz CT molecular complexity index is 533. The van der Waals surface area contributed by atoms with E-state index >= 15 is 0 Å². The average molecular weight is 280 g/mol. The number of nitrogens with one attached hydrogen (secondary N) is 1. The van der Waals surface area contributed by atoms with E-state index in [1.54, 1.807) is 11.3 Å². The number of halogens is 1. The Morgan fingerprint density at radius 3 is 2.61 bits per heavy atom. The van der Waals surface area contributed by atoms with Crippen molar-refractivity contribution in [1.29, 1.82) is 0 Å². The quantitative estimate of drug-likeness (QED) is 0.868. The second-order valence-electron chi connectivity index (χ2n) is 4.54. The van der Waals surface area contributed by atoms with E-state index in [1.807, 2.05) is 13.1 Å². The molecule has 3 heteroatoms. The van der Waals surface area contributed by atoms with Gasteiger partial charge in [-0.25, -0.2) is 0 Å². The highest BCUT2D eigenvalue weighted by atomic mass is 35.5. The van der Waals surface area contributed by atoms with Crippen molar-refractivity contribution in [1.82, 2.24) is 5.32 Å². The molecule has 0 aliphatic rings. The van der Waals surface area contributed by atoms with E-state index in [2.05, 4.69) is 43.4 Å². The fourth-order valence-corrected chi connectivity index (χ4v) is 3.31. The molecule has 0 radical (unpaired) electrons. The first-order chi connectivity index (χ1) is 8.61. The normalized spacial score (nSPS) is 12.7. The van der Waals surface area contributed by atoms with Crippen LogP contribution in [-0.2, 0) is 6.42 Å². The molecule has 0 aliphatic heterocycles. The number of benzene rings is 1. The summed E-state index contributed by atoms with van der Waals surface area (Å²) in [5.74, 6) is 0. The van der Waals surface area contributed by atoms with Crippen LogP contribution in [0.1, 0.15) is 27.6 Å². The number of thiophene rings is 1. The molecule has 1 aromatic carbocycles. The van der Waals surface area contributed by atoms with Crippen molar-refractivity contribution in [3.63, 3.8) is 0 Å². The minimum Gasteiger partial charge on any atom is -0.313 e. The van der Waals surface area contributed by atoms with Gasteiger partial charge >= 0.3 is 0 Å². The van der Waals surface area contributed by atoms with Crippen molar-refractivity contribution in [2.45, 2.75) is 26.3 Å². The van der Waals surface area contributed by atoms with E-state index in [0.29, 0.717) is 6.04 Å². The van der Waals surface area contributed by atoms with Crippen LogP contribution >= 0.6 is 22.9 Å². The van der Waals surface area contributed by atoms with Gasteiger partial charge in [0.1, 0.15) is 0 Å². The summed E-state index contributed by atoms with van der Waals surface area (Å²) in [6, 6.07) is 10.9. The summed E-state index contributed by atoms with van der Waals surface area (Å²) in [7, 11) is 2.02. The summed E-state index contributed by atoms with van der Waals surface area (Å²) >= 11 is 7.65. The first kappa shape index (κ1) is 13.6. The lowest BCUT2D eigenvalue weighted by Crippen LogP contribution is -2.19. The van der Waals surface area contributed by atoms with Gasteiger partial charge < -0.3 is 5.32 Å². The molecule has 1 unspecified atom stereocenters. The maximum absolute atomic E-state index is 5.99. The minimum absolute atomic E-state index is 0.347. The van der Waals surface area contributed by atoms with Crippen molar-refractivity contribution in [2.24, 2.45) is 0 Å². The van der Waals surface area contributed by atoms with Crippen molar-refractivity contribution >= 4 is 22.9 Å². The van der Waals surface area contributed by atoms with Gasteiger partial charge in [-0.2, -0.15) is 0 Å². The van der Waals surface area contributed by atoms with Crippen molar-refractivity contribution in [3.8, 4) is 0 Å². The largest absolute Gasteiger partial charge is 0.313 e. The zero-order chi connectivity index (χ0) is 13.1. The predicted octanol–water partition coefficient (Wildman–Crippen LogP) is 4.52. The molecule has 0 aliphatic carbocycles. The third-order valence-corrected chi connectivity index (χ3v) is 4.66. The third-order valence-electron chi connectivity index (χ3n) is 3.40. The second kappa shape index (κ2) is 5.87. The third kappa shape index (κ3) is 2.94. The van der Waals surface area contributed by atoms with Crippen LogP contribution in [0.4, 0.5) is 0 Å². The van der Waals surface area contributed by atoms with Gasteiger partial charge in [0.05, 0.1) is 4.34 Å². The first-order valence-electron chi connectivity index (χ1n) is 6.09. The summed E-state index contributed by atoms with van der Waals surface area (Å²) in [5.41, 5.74) is 4.10. The molecule has 0 fully saturated rings. The van der Waals surface area contributed by atoms with E-state index < -0.39 is 0 Å². The molecule has 1 atom stereocenters. The van der Waals surface area contributed by atoms with Crippen LogP contribution in [0.2, 0.25) is 4.34 Å². The van der Waals surface area contributed by atoms with Gasteiger partial charge in [0.2, 0.25) is 0 Å². The molecule has 0 saturated heterocycles. The van der Waals surface area contributed by atoms with Crippen LogP contribution in [0.5, 0.6) is 0 Å². The number of rotatable bonds is 4. The Morgan fingerprint density at radius 2 is 2.00 bits per heavy atom. The van der Waals surface area contributed by atoms with Gasteiger partial charge in [-0.1, -0.05) is 29.8 Å². The monoisotopic (exact) mass is 279 g/mol. The van der Waals surface area contributed by atoms with Crippen molar-refractivity contribution in [2.75, 3.05) is 7.05 Å².